The Morgan fingerprint density at radius 2 is 1.85 bits per heavy atom. The highest BCUT2D eigenvalue weighted by atomic mass is 28.4. The van der Waals surface area contributed by atoms with E-state index in [2.05, 4.69) is 33.9 Å². The Morgan fingerprint density at radius 1 is 1.19 bits per heavy atom. The van der Waals surface area contributed by atoms with E-state index in [0.29, 0.717) is 33.8 Å². The molecule has 142 valence electrons. The van der Waals surface area contributed by atoms with Gasteiger partial charge in [-0.05, 0) is 30.1 Å². The van der Waals surface area contributed by atoms with Crippen molar-refractivity contribution < 1.29 is 23.1 Å². The van der Waals surface area contributed by atoms with Crippen molar-refractivity contribution >= 4 is 25.3 Å². The third kappa shape index (κ3) is 2.90. The minimum absolute atomic E-state index is 0.0647. The fraction of sp³-hybridized carbons (Fsp3) is 0.550. The average Bonchev–Trinajstić information content (AvgIpc) is 3.03. The molecule has 0 saturated carbocycles. The fourth-order valence-corrected chi connectivity index (χ4v) is 3.91. The lowest BCUT2D eigenvalue weighted by atomic mass is 10.0. The van der Waals surface area contributed by atoms with Gasteiger partial charge in [-0.15, -0.1) is 0 Å². The molecule has 1 unspecified atom stereocenters. The number of furan rings is 1. The lowest BCUT2D eigenvalue weighted by molar-refractivity contribution is 0.0238. The van der Waals surface area contributed by atoms with Crippen LogP contribution >= 0.6 is 0 Å². The molecular weight excluding hydrogens is 348 g/mol. The third-order valence-electron chi connectivity index (χ3n) is 5.46. The van der Waals surface area contributed by atoms with Crippen molar-refractivity contribution in [2.75, 3.05) is 7.11 Å². The maximum Gasteiger partial charge on any atom is 0.343 e. The topological polar surface area (TPSA) is 57.9 Å². The first-order valence-corrected chi connectivity index (χ1v) is 11.9. The number of hydrogen-bond acceptors (Lipinski definition) is 5. The van der Waals surface area contributed by atoms with Gasteiger partial charge in [0.2, 0.25) is 8.32 Å². The van der Waals surface area contributed by atoms with Crippen molar-refractivity contribution in [2.45, 2.75) is 58.9 Å². The minimum atomic E-state index is -2.02. The molecule has 5 nitrogen and oxygen atoms in total. The van der Waals surface area contributed by atoms with Gasteiger partial charge in [0.15, 0.2) is 23.2 Å². The van der Waals surface area contributed by atoms with Gasteiger partial charge in [0.25, 0.3) is 0 Å². The molecule has 0 spiro atoms. The predicted molar refractivity (Wildman–Crippen MR) is 104 cm³/mol. The summed E-state index contributed by atoms with van der Waals surface area (Å²) in [5.41, 5.74) is 1.07. The second-order valence-corrected chi connectivity index (χ2v) is 13.5. The molecule has 1 aromatic carbocycles. The van der Waals surface area contributed by atoms with Crippen molar-refractivity contribution in [3.8, 4) is 11.5 Å². The molecule has 6 heteroatoms. The Bertz CT molecular complexity index is 857. The highest BCUT2D eigenvalue weighted by Crippen LogP contribution is 2.46. The number of carbonyl (C=O) groups is 1. The maximum atomic E-state index is 12.5. The first kappa shape index (κ1) is 18.8. The molecule has 0 saturated heterocycles. The van der Waals surface area contributed by atoms with Crippen LogP contribution in [0.5, 0.6) is 11.5 Å². The van der Waals surface area contributed by atoms with Crippen LogP contribution in [0.2, 0.25) is 18.1 Å². The average molecular weight is 377 g/mol. The molecule has 1 aliphatic rings. The standard InChI is InChI=1S/C20H28O5Si/c1-11(2)16-18-15(19(21)24-16)13-9-12(10-14(22-6)17(13)23-18)25-26(7,8)20(3,4)5/h9-11,16H,1-8H3. The Balaban J connectivity index is 2.15. The highest BCUT2D eigenvalue weighted by molar-refractivity contribution is 6.74. The Labute approximate surface area is 155 Å². The van der Waals surface area contributed by atoms with E-state index in [9.17, 15) is 4.79 Å². The SMILES string of the molecule is COc1cc(O[Si](C)(C)C(C)(C)C)cc2c3c(oc12)C(C(C)C)OC3=O. The van der Waals surface area contributed by atoms with Gasteiger partial charge >= 0.3 is 5.97 Å². The molecule has 0 aliphatic carbocycles. The summed E-state index contributed by atoms with van der Waals surface area (Å²) < 4.78 is 23.5. The molecule has 0 N–H and O–H groups in total. The number of methoxy groups -OCH3 is 1. The summed E-state index contributed by atoms with van der Waals surface area (Å²) in [6.07, 6.45) is -0.362. The van der Waals surface area contributed by atoms with Crippen LogP contribution < -0.4 is 9.16 Å². The summed E-state index contributed by atoms with van der Waals surface area (Å²) in [4.78, 5) is 12.5. The molecular formula is C20H28O5Si. The number of cyclic esters (lactones) is 1. The van der Waals surface area contributed by atoms with Crippen LogP contribution in [0.15, 0.2) is 16.5 Å². The Morgan fingerprint density at radius 3 is 2.38 bits per heavy atom. The summed E-state index contributed by atoms with van der Waals surface area (Å²) in [6, 6.07) is 3.72. The van der Waals surface area contributed by atoms with E-state index in [1.54, 1.807) is 7.11 Å². The number of fused-ring (bicyclic) bond motifs is 3. The second-order valence-electron chi connectivity index (χ2n) is 8.78. The highest BCUT2D eigenvalue weighted by Gasteiger charge is 2.41. The van der Waals surface area contributed by atoms with Gasteiger partial charge in [0, 0.05) is 11.5 Å². The molecule has 3 rings (SSSR count). The van der Waals surface area contributed by atoms with E-state index in [-0.39, 0.29) is 23.0 Å². The zero-order chi connectivity index (χ0) is 19.4. The monoisotopic (exact) mass is 376 g/mol. The van der Waals surface area contributed by atoms with E-state index >= 15 is 0 Å². The molecule has 1 aliphatic heterocycles. The maximum absolute atomic E-state index is 12.5. The van der Waals surface area contributed by atoms with E-state index in [1.807, 2.05) is 26.0 Å². The lowest BCUT2D eigenvalue weighted by Gasteiger charge is -2.36. The zero-order valence-electron chi connectivity index (χ0n) is 16.9. The van der Waals surface area contributed by atoms with Gasteiger partial charge in [-0.1, -0.05) is 34.6 Å². The van der Waals surface area contributed by atoms with Crippen molar-refractivity contribution in [1.29, 1.82) is 0 Å². The molecule has 0 radical (unpaired) electrons. The van der Waals surface area contributed by atoms with Crippen LogP contribution in [0.3, 0.4) is 0 Å². The quantitative estimate of drug-likeness (QED) is 0.506. The van der Waals surface area contributed by atoms with Crippen LogP contribution in [-0.2, 0) is 4.74 Å². The van der Waals surface area contributed by atoms with E-state index in [1.165, 1.54) is 0 Å². The largest absolute Gasteiger partial charge is 0.543 e. The molecule has 2 heterocycles. The molecule has 1 atom stereocenters. The van der Waals surface area contributed by atoms with Crippen molar-refractivity contribution in [3.05, 3.63) is 23.5 Å². The van der Waals surface area contributed by atoms with Gasteiger partial charge < -0.3 is 18.3 Å². The van der Waals surface area contributed by atoms with Crippen LogP contribution in [0.4, 0.5) is 0 Å². The number of hydrogen-bond donors (Lipinski definition) is 0. The molecule has 2 aromatic rings. The Kier molecular flexibility index (Phi) is 4.38. The van der Waals surface area contributed by atoms with E-state index < -0.39 is 8.32 Å². The molecule has 0 bridgehead atoms. The van der Waals surface area contributed by atoms with Crippen molar-refractivity contribution in [1.82, 2.24) is 0 Å². The summed E-state index contributed by atoms with van der Waals surface area (Å²) in [6.45, 7) is 14.9. The number of benzene rings is 1. The predicted octanol–water partition coefficient (Wildman–Crippen LogP) is 5.69. The smallest absolute Gasteiger partial charge is 0.343 e. The first-order chi connectivity index (χ1) is 12.0. The van der Waals surface area contributed by atoms with Crippen LogP contribution in [0.25, 0.3) is 11.0 Å². The van der Waals surface area contributed by atoms with Crippen LogP contribution in [-0.4, -0.2) is 21.4 Å². The van der Waals surface area contributed by atoms with Crippen molar-refractivity contribution in [2.24, 2.45) is 5.92 Å². The summed E-state index contributed by atoms with van der Waals surface area (Å²) in [5, 5.41) is 0.760. The number of esters is 1. The summed E-state index contributed by atoms with van der Waals surface area (Å²) in [7, 11) is -0.431. The van der Waals surface area contributed by atoms with Gasteiger partial charge in [-0.2, -0.15) is 0 Å². The van der Waals surface area contributed by atoms with Crippen LogP contribution in [0.1, 0.15) is 56.8 Å². The molecule has 26 heavy (non-hydrogen) atoms. The molecule has 1 aromatic heterocycles. The number of carbonyl (C=O) groups excluding carboxylic acids is 1. The zero-order valence-corrected chi connectivity index (χ0v) is 17.9. The molecule has 0 fully saturated rings. The minimum Gasteiger partial charge on any atom is -0.543 e. The second kappa shape index (κ2) is 6.05. The van der Waals surface area contributed by atoms with Gasteiger partial charge in [0.05, 0.1) is 7.11 Å². The Hall–Kier alpha value is -1.95. The van der Waals surface area contributed by atoms with E-state index in [4.69, 9.17) is 18.3 Å². The fourth-order valence-electron chi connectivity index (χ4n) is 2.90. The number of ether oxygens (including phenoxy) is 2. The lowest BCUT2D eigenvalue weighted by Crippen LogP contribution is -2.43. The van der Waals surface area contributed by atoms with Gasteiger partial charge in [-0.3, -0.25) is 0 Å². The third-order valence-corrected chi connectivity index (χ3v) is 9.82. The van der Waals surface area contributed by atoms with Gasteiger partial charge in [0.1, 0.15) is 11.3 Å². The van der Waals surface area contributed by atoms with Gasteiger partial charge in [-0.25, -0.2) is 4.79 Å². The van der Waals surface area contributed by atoms with Crippen LogP contribution in [0, 0.1) is 5.92 Å². The first-order valence-electron chi connectivity index (χ1n) is 9.00. The number of rotatable bonds is 4. The van der Waals surface area contributed by atoms with E-state index in [0.717, 1.165) is 0 Å². The normalized spacial score (nSPS) is 17.6. The summed E-state index contributed by atoms with van der Waals surface area (Å²) in [5.74, 6) is 1.65. The van der Waals surface area contributed by atoms with Crippen molar-refractivity contribution in [3.63, 3.8) is 0 Å². The molecule has 0 amide bonds. The summed E-state index contributed by atoms with van der Waals surface area (Å²) >= 11 is 0.